The lowest BCUT2D eigenvalue weighted by Gasteiger charge is -2.35. The Labute approximate surface area is 124 Å². The maximum absolute atomic E-state index is 12.4. The summed E-state index contributed by atoms with van der Waals surface area (Å²) in [6.07, 6.45) is -0.209. The average Bonchev–Trinajstić information content (AvgIpc) is 2.48. The summed E-state index contributed by atoms with van der Waals surface area (Å²) in [5.74, 6) is 0.299. The number of ether oxygens (including phenoxy) is 1. The quantitative estimate of drug-likeness (QED) is 0.630. The van der Waals surface area contributed by atoms with Crippen molar-refractivity contribution >= 4 is 17.4 Å². The molecule has 1 unspecified atom stereocenters. The van der Waals surface area contributed by atoms with Gasteiger partial charge in [0.1, 0.15) is 12.3 Å². The van der Waals surface area contributed by atoms with Crippen LogP contribution in [-0.4, -0.2) is 24.3 Å². The average molecular weight is 286 g/mol. The first-order chi connectivity index (χ1) is 9.99. The Bertz CT molecular complexity index is 616. The maximum Gasteiger partial charge on any atom is 0.269 e. The van der Waals surface area contributed by atoms with Gasteiger partial charge < -0.3 is 4.74 Å². The van der Waals surface area contributed by atoms with Gasteiger partial charge in [-0.15, -0.1) is 0 Å². The van der Waals surface area contributed by atoms with Crippen LogP contribution in [-0.2, 0) is 4.79 Å². The molecule has 0 N–H and O–H groups in total. The van der Waals surface area contributed by atoms with Gasteiger partial charge in [-0.2, -0.15) is 5.26 Å². The van der Waals surface area contributed by atoms with E-state index in [0.717, 1.165) is 0 Å². The number of nitriles is 1. The van der Waals surface area contributed by atoms with Crippen molar-refractivity contribution in [3.8, 4) is 11.8 Å². The van der Waals surface area contributed by atoms with Gasteiger partial charge in [-0.3, -0.25) is 14.5 Å². The number of carbonyl (C=O) groups is 2. The third kappa shape index (κ3) is 2.75. The van der Waals surface area contributed by atoms with Gasteiger partial charge in [0.25, 0.3) is 5.91 Å². The molecule has 0 fully saturated rings. The first kappa shape index (κ1) is 15.0. The summed E-state index contributed by atoms with van der Waals surface area (Å²) in [5, 5.41) is 8.96. The predicted octanol–water partition coefficient (Wildman–Crippen LogP) is 2.55. The van der Waals surface area contributed by atoms with Gasteiger partial charge >= 0.3 is 0 Å². The summed E-state index contributed by atoms with van der Waals surface area (Å²) in [4.78, 5) is 25.6. The van der Waals surface area contributed by atoms with E-state index in [0.29, 0.717) is 23.4 Å². The Morgan fingerprint density at radius 1 is 1.48 bits per heavy atom. The van der Waals surface area contributed by atoms with Gasteiger partial charge in [0.15, 0.2) is 11.9 Å². The number of amides is 1. The normalized spacial score (nSPS) is 17.2. The van der Waals surface area contributed by atoms with Gasteiger partial charge in [-0.1, -0.05) is 20.8 Å². The van der Waals surface area contributed by atoms with E-state index in [2.05, 4.69) is 0 Å². The van der Waals surface area contributed by atoms with Crippen molar-refractivity contribution < 1.29 is 14.3 Å². The molecule has 1 aliphatic rings. The second kappa shape index (κ2) is 5.96. The minimum Gasteiger partial charge on any atom is -0.478 e. The van der Waals surface area contributed by atoms with E-state index < -0.39 is 6.10 Å². The number of fused-ring (bicyclic) bond motifs is 1. The highest BCUT2D eigenvalue weighted by Crippen LogP contribution is 2.36. The molecule has 0 spiro atoms. The lowest BCUT2D eigenvalue weighted by molar-refractivity contribution is -0.128. The van der Waals surface area contributed by atoms with Crippen LogP contribution in [0.25, 0.3) is 0 Å². The number of rotatable bonds is 4. The molecule has 5 heteroatoms. The minimum absolute atomic E-state index is 0.00351. The van der Waals surface area contributed by atoms with Crippen molar-refractivity contribution in [3.63, 3.8) is 0 Å². The third-order valence-corrected chi connectivity index (χ3v) is 3.49. The zero-order valence-corrected chi connectivity index (χ0v) is 12.4. The van der Waals surface area contributed by atoms with Crippen LogP contribution in [0, 0.1) is 17.2 Å². The van der Waals surface area contributed by atoms with Crippen LogP contribution in [0.3, 0.4) is 0 Å². The molecule has 21 heavy (non-hydrogen) atoms. The smallest absolute Gasteiger partial charge is 0.269 e. The Balaban J connectivity index is 2.49. The number of anilines is 1. The summed E-state index contributed by atoms with van der Waals surface area (Å²) in [5.41, 5.74) is 1.02. The molecule has 110 valence electrons. The van der Waals surface area contributed by atoms with E-state index in [9.17, 15) is 9.59 Å². The molecular weight excluding hydrogens is 268 g/mol. The molecule has 1 aromatic carbocycles. The highest BCUT2D eigenvalue weighted by molar-refractivity contribution is 6.03. The van der Waals surface area contributed by atoms with Gasteiger partial charge in [-0.05, 0) is 24.1 Å². The number of nitrogens with zero attached hydrogens (tertiary/aromatic N) is 2. The van der Waals surface area contributed by atoms with Crippen molar-refractivity contribution in [2.45, 2.75) is 33.3 Å². The van der Waals surface area contributed by atoms with Crippen molar-refractivity contribution in [1.82, 2.24) is 0 Å². The second-order valence-electron chi connectivity index (χ2n) is 5.32. The standard InChI is InChI=1S/C16H18N2O3/c1-4-13(19)11-5-6-14-12(9-11)18(8-7-17)16(20)15(21-14)10(2)3/h5-6,9-10,15H,4,8H2,1-3H3. The summed E-state index contributed by atoms with van der Waals surface area (Å²) in [6.45, 7) is 5.52. The van der Waals surface area contributed by atoms with E-state index in [1.165, 1.54) is 4.90 Å². The van der Waals surface area contributed by atoms with Crippen LogP contribution in [0.5, 0.6) is 5.75 Å². The zero-order chi connectivity index (χ0) is 15.6. The lowest BCUT2D eigenvalue weighted by Crippen LogP contribution is -2.48. The highest BCUT2D eigenvalue weighted by atomic mass is 16.5. The largest absolute Gasteiger partial charge is 0.478 e. The molecule has 0 saturated carbocycles. The first-order valence-electron chi connectivity index (χ1n) is 7.01. The monoisotopic (exact) mass is 286 g/mol. The van der Waals surface area contributed by atoms with Crippen molar-refractivity contribution in [2.24, 2.45) is 5.92 Å². The lowest BCUT2D eigenvalue weighted by atomic mass is 10.0. The fourth-order valence-electron chi connectivity index (χ4n) is 2.32. The summed E-state index contributed by atoms with van der Waals surface area (Å²) in [6, 6.07) is 7.02. The Morgan fingerprint density at radius 3 is 2.76 bits per heavy atom. The molecule has 1 atom stereocenters. The SMILES string of the molecule is CCC(=O)c1ccc2c(c1)N(CC#N)C(=O)C(C(C)C)O2. The third-order valence-electron chi connectivity index (χ3n) is 3.49. The summed E-state index contributed by atoms with van der Waals surface area (Å²) in [7, 11) is 0. The molecule has 0 aliphatic carbocycles. The summed E-state index contributed by atoms with van der Waals surface area (Å²) < 4.78 is 5.74. The van der Waals surface area contributed by atoms with Gasteiger partial charge in [0, 0.05) is 12.0 Å². The van der Waals surface area contributed by atoms with E-state index in [4.69, 9.17) is 10.00 Å². The first-order valence-corrected chi connectivity index (χ1v) is 7.01. The minimum atomic E-state index is -0.599. The fourth-order valence-corrected chi connectivity index (χ4v) is 2.32. The highest BCUT2D eigenvalue weighted by Gasteiger charge is 2.36. The number of ketones is 1. The molecule has 1 heterocycles. The number of carbonyl (C=O) groups excluding carboxylic acids is 2. The molecule has 1 aromatic rings. The molecule has 1 amide bonds. The molecule has 1 aliphatic heterocycles. The fraction of sp³-hybridized carbons (Fsp3) is 0.438. The van der Waals surface area contributed by atoms with Gasteiger partial charge in [0.2, 0.25) is 0 Å². The van der Waals surface area contributed by atoms with Crippen LogP contribution in [0.4, 0.5) is 5.69 Å². The topological polar surface area (TPSA) is 70.4 Å². The molecule has 0 saturated heterocycles. The van der Waals surface area contributed by atoms with E-state index in [1.807, 2.05) is 19.9 Å². The molecule has 2 rings (SSSR count). The van der Waals surface area contributed by atoms with Gasteiger partial charge in [-0.25, -0.2) is 0 Å². The van der Waals surface area contributed by atoms with Crippen LogP contribution < -0.4 is 9.64 Å². The van der Waals surface area contributed by atoms with Crippen molar-refractivity contribution in [3.05, 3.63) is 23.8 Å². The van der Waals surface area contributed by atoms with Crippen molar-refractivity contribution in [1.29, 1.82) is 5.26 Å². The summed E-state index contributed by atoms with van der Waals surface area (Å²) >= 11 is 0. The molecule has 5 nitrogen and oxygen atoms in total. The zero-order valence-electron chi connectivity index (χ0n) is 12.4. The molecule has 0 radical (unpaired) electrons. The number of benzene rings is 1. The Kier molecular flexibility index (Phi) is 4.27. The number of hydrogen-bond acceptors (Lipinski definition) is 4. The van der Waals surface area contributed by atoms with E-state index >= 15 is 0 Å². The van der Waals surface area contributed by atoms with Crippen LogP contribution in [0.1, 0.15) is 37.6 Å². The van der Waals surface area contributed by atoms with Crippen LogP contribution in [0.2, 0.25) is 0 Å². The van der Waals surface area contributed by atoms with Gasteiger partial charge in [0.05, 0.1) is 11.8 Å². The van der Waals surface area contributed by atoms with Crippen LogP contribution >= 0.6 is 0 Å². The number of hydrogen-bond donors (Lipinski definition) is 0. The molecule has 0 aromatic heterocycles. The predicted molar refractivity (Wildman–Crippen MR) is 78.3 cm³/mol. The van der Waals surface area contributed by atoms with E-state index in [-0.39, 0.29) is 24.2 Å². The number of Topliss-reactive ketones (excluding diaryl/α,β-unsaturated/α-hetero) is 1. The Morgan fingerprint density at radius 2 is 2.19 bits per heavy atom. The second-order valence-corrected chi connectivity index (χ2v) is 5.32. The van der Waals surface area contributed by atoms with Crippen molar-refractivity contribution in [2.75, 3.05) is 11.4 Å². The molecule has 0 bridgehead atoms. The Hall–Kier alpha value is -2.35. The maximum atomic E-state index is 12.4. The van der Waals surface area contributed by atoms with E-state index in [1.54, 1.807) is 25.1 Å². The van der Waals surface area contributed by atoms with Crippen LogP contribution in [0.15, 0.2) is 18.2 Å². The molecular formula is C16H18N2O3.